The molecular weight excluding hydrogens is 254 g/mol. The molecule has 4 N–H and O–H groups in total. The monoisotopic (exact) mass is 275 g/mol. The summed E-state index contributed by atoms with van der Waals surface area (Å²) in [7, 11) is 1.54. The molecule has 0 aliphatic heterocycles. The number of nitrogens with one attached hydrogen (secondary N) is 3. The molecule has 0 atom stereocenters. The van der Waals surface area contributed by atoms with Crippen molar-refractivity contribution < 1.29 is 24.2 Å². The van der Waals surface area contributed by atoms with Crippen molar-refractivity contribution in [3.63, 3.8) is 0 Å². The minimum absolute atomic E-state index is 0.0161. The first-order valence-corrected chi connectivity index (χ1v) is 6.05. The highest BCUT2D eigenvalue weighted by atomic mass is 16.5. The molecule has 0 saturated heterocycles. The zero-order valence-electron chi connectivity index (χ0n) is 11.0. The number of carboxylic acids is 1. The number of ether oxygens (including phenoxy) is 1. The van der Waals surface area contributed by atoms with Gasteiger partial charge in [0.1, 0.15) is 0 Å². The molecule has 19 heavy (non-hydrogen) atoms. The van der Waals surface area contributed by atoms with Gasteiger partial charge in [0.25, 0.3) is 0 Å². The van der Waals surface area contributed by atoms with Gasteiger partial charge in [-0.3, -0.25) is 9.59 Å². The fraction of sp³-hybridized carbons (Fsp3) is 0.727. The third kappa shape index (κ3) is 12.4. The number of aliphatic carboxylic acids is 1. The summed E-state index contributed by atoms with van der Waals surface area (Å²) in [5.74, 6) is -1.06. The molecule has 8 heteroatoms. The average Bonchev–Trinajstić information content (AvgIpc) is 2.35. The van der Waals surface area contributed by atoms with Gasteiger partial charge in [-0.1, -0.05) is 0 Å². The van der Waals surface area contributed by atoms with Crippen molar-refractivity contribution in [2.24, 2.45) is 0 Å². The molecule has 0 saturated carbocycles. The second-order valence-corrected chi connectivity index (χ2v) is 3.77. The Morgan fingerprint density at radius 1 is 1.00 bits per heavy atom. The highest BCUT2D eigenvalue weighted by molar-refractivity contribution is 5.78. The molecule has 0 fully saturated rings. The number of rotatable bonds is 10. The molecule has 0 bridgehead atoms. The lowest BCUT2D eigenvalue weighted by Gasteiger charge is -2.07. The van der Waals surface area contributed by atoms with Gasteiger partial charge >= 0.3 is 12.0 Å². The Bertz CT molecular complexity index is 296. The normalized spacial score (nSPS) is 9.74. The third-order valence-corrected chi connectivity index (χ3v) is 2.12. The highest BCUT2D eigenvalue weighted by Crippen LogP contribution is 1.85. The largest absolute Gasteiger partial charge is 0.481 e. The van der Waals surface area contributed by atoms with Crippen LogP contribution in [-0.2, 0) is 14.3 Å². The van der Waals surface area contributed by atoms with Crippen molar-refractivity contribution in [1.82, 2.24) is 16.0 Å². The van der Waals surface area contributed by atoms with Gasteiger partial charge in [-0.05, 0) is 6.42 Å². The van der Waals surface area contributed by atoms with Gasteiger partial charge < -0.3 is 25.8 Å². The summed E-state index contributed by atoms with van der Waals surface area (Å²) in [5.41, 5.74) is 0. The van der Waals surface area contributed by atoms with Crippen molar-refractivity contribution in [2.45, 2.75) is 19.3 Å². The smallest absolute Gasteiger partial charge is 0.314 e. The van der Waals surface area contributed by atoms with Gasteiger partial charge in [-0.15, -0.1) is 0 Å². The van der Waals surface area contributed by atoms with Crippen molar-refractivity contribution >= 4 is 17.9 Å². The predicted octanol–water partition coefficient (Wildman–Crippen LogP) is -0.697. The van der Waals surface area contributed by atoms with E-state index in [1.807, 2.05) is 0 Å². The summed E-state index contributed by atoms with van der Waals surface area (Å²) < 4.78 is 4.77. The van der Waals surface area contributed by atoms with Crippen LogP contribution < -0.4 is 16.0 Å². The number of urea groups is 1. The van der Waals surface area contributed by atoms with Crippen LogP contribution in [0.3, 0.4) is 0 Å². The van der Waals surface area contributed by atoms with E-state index in [2.05, 4.69) is 16.0 Å². The van der Waals surface area contributed by atoms with E-state index < -0.39 is 12.0 Å². The molecule has 0 aromatic carbocycles. The van der Waals surface area contributed by atoms with E-state index in [9.17, 15) is 14.4 Å². The number of hydrogen-bond donors (Lipinski definition) is 4. The van der Waals surface area contributed by atoms with Crippen LogP contribution in [0.4, 0.5) is 4.79 Å². The maximum Gasteiger partial charge on any atom is 0.314 e. The Labute approximate surface area is 111 Å². The van der Waals surface area contributed by atoms with Gasteiger partial charge in [0, 0.05) is 39.6 Å². The lowest BCUT2D eigenvalue weighted by Crippen LogP contribution is -2.38. The van der Waals surface area contributed by atoms with Crippen molar-refractivity contribution in [3.05, 3.63) is 0 Å². The summed E-state index contributed by atoms with van der Waals surface area (Å²) >= 11 is 0. The fourth-order valence-electron chi connectivity index (χ4n) is 1.17. The zero-order valence-corrected chi connectivity index (χ0v) is 11.0. The molecule has 0 rings (SSSR count). The van der Waals surface area contributed by atoms with Crippen LogP contribution in [0.15, 0.2) is 0 Å². The SMILES string of the molecule is COCCNC(=O)CCNC(=O)NCCCC(=O)O. The van der Waals surface area contributed by atoms with Crippen LogP contribution >= 0.6 is 0 Å². The first-order valence-electron chi connectivity index (χ1n) is 6.05. The molecule has 0 radical (unpaired) electrons. The van der Waals surface area contributed by atoms with Gasteiger partial charge in [0.05, 0.1) is 6.61 Å². The van der Waals surface area contributed by atoms with Gasteiger partial charge in [-0.25, -0.2) is 4.79 Å². The molecule has 0 aromatic heterocycles. The summed E-state index contributed by atoms with van der Waals surface area (Å²) in [6, 6.07) is -0.407. The molecule has 8 nitrogen and oxygen atoms in total. The van der Waals surface area contributed by atoms with Crippen LogP contribution in [-0.4, -0.2) is 56.4 Å². The van der Waals surface area contributed by atoms with Crippen LogP contribution in [0.1, 0.15) is 19.3 Å². The van der Waals surface area contributed by atoms with E-state index in [4.69, 9.17) is 9.84 Å². The van der Waals surface area contributed by atoms with E-state index in [0.717, 1.165) is 0 Å². The Balaban J connectivity index is 3.42. The number of carbonyl (C=O) groups is 3. The fourth-order valence-corrected chi connectivity index (χ4v) is 1.17. The molecule has 0 spiro atoms. The van der Waals surface area contributed by atoms with E-state index >= 15 is 0 Å². The Morgan fingerprint density at radius 2 is 1.68 bits per heavy atom. The number of amides is 3. The summed E-state index contributed by atoms with van der Waals surface area (Å²) in [4.78, 5) is 32.7. The molecule has 0 aromatic rings. The van der Waals surface area contributed by atoms with Gasteiger partial charge in [0.15, 0.2) is 0 Å². The molecule has 0 heterocycles. The number of carboxylic acid groups (broad SMARTS) is 1. The first kappa shape index (κ1) is 17.2. The molecule has 0 aliphatic carbocycles. The van der Waals surface area contributed by atoms with E-state index in [0.29, 0.717) is 19.6 Å². The second-order valence-electron chi connectivity index (χ2n) is 3.77. The van der Waals surface area contributed by atoms with Crippen molar-refractivity contribution in [3.8, 4) is 0 Å². The Hall–Kier alpha value is -1.83. The molecular formula is C11H21N3O5. The van der Waals surface area contributed by atoms with E-state index in [1.165, 1.54) is 0 Å². The van der Waals surface area contributed by atoms with E-state index in [-0.39, 0.29) is 31.8 Å². The quantitative estimate of drug-likeness (QED) is 0.393. The minimum Gasteiger partial charge on any atom is -0.481 e. The maximum absolute atomic E-state index is 11.2. The van der Waals surface area contributed by atoms with Gasteiger partial charge in [-0.2, -0.15) is 0 Å². The summed E-state index contributed by atoms with van der Waals surface area (Å²) in [6.07, 6.45) is 0.578. The standard InChI is InChI=1S/C11H21N3O5/c1-19-8-7-12-9(15)4-6-14-11(18)13-5-2-3-10(16)17/h2-8H2,1H3,(H,12,15)(H,16,17)(H2,13,14,18). The Kier molecular flexibility index (Phi) is 10.2. The van der Waals surface area contributed by atoms with Crippen LogP contribution in [0.5, 0.6) is 0 Å². The molecule has 0 aliphatic rings. The lowest BCUT2D eigenvalue weighted by molar-refractivity contribution is -0.137. The van der Waals surface area contributed by atoms with Crippen molar-refractivity contribution in [1.29, 1.82) is 0 Å². The predicted molar refractivity (Wildman–Crippen MR) is 67.8 cm³/mol. The van der Waals surface area contributed by atoms with Crippen LogP contribution in [0.2, 0.25) is 0 Å². The molecule has 0 unspecified atom stereocenters. The highest BCUT2D eigenvalue weighted by Gasteiger charge is 2.03. The van der Waals surface area contributed by atoms with E-state index in [1.54, 1.807) is 7.11 Å². The average molecular weight is 275 g/mol. The molecule has 3 amide bonds. The number of carbonyl (C=O) groups excluding carboxylic acids is 2. The van der Waals surface area contributed by atoms with Crippen LogP contribution in [0, 0.1) is 0 Å². The third-order valence-electron chi connectivity index (χ3n) is 2.12. The maximum atomic E-state index is 11.2. The van der Waals surface area contributed by atoms with Crippen LogP contribution in [0.25, 0.3) is 0 Å². The second kappa shape index (κ2) is 11.3. The lowest BCUT2D eigenvalue weighted by atomic mass is 10.3. The zero-order chi connectivity index (χ0) is 14.5. The van der Waals surface area contributed by atoms with Crippen molar-refractivity contribution in [2.75, 3.05) is 33.4 Å². The first-order chi connectivity index (χ1) is 9.06. The number of methoxy groups -OCH3 is 1. The minimum atomic E-state index is -0.894. The summed E-state index contributed by atoms with van der Waals surface area (Å²) in [6.45, 7) is 1.40. The number of hydrogen-bond acceptors (Lipinski definition) is 4. The van der Waals surface area contributed by atoms with Gasteiger partial charge in [0.2, 0.25) is 5.91 Å². The summed E-state index contributed by atoms with van der Waals surface area (Å²) in [5, 5.41) is 16.0. The topological polar surface area (TPSA) is 117 Å². The Morgan fingerprint density at radius 3 is 2.32 bits per heavy atom. The molecule has 110 valence electrons.